The van der Waals surface area contributed by atoms with Crippen molar-refractivity contribution in [3.8, 4) is 0 Å². The van der Waals surface area contributed by atoms with E-state index < -0.39 is 0 Å². The molecule has 0 spiro atoms. The Bertz CT molecular complexity index is 613. The highest BCUT2D eigenvalue weighted by Gasteiger charge is 2.32. The van der Waals surface area contributed by atoms with Gasteiger partial charge in [-0.15, -0.1) is 11.3 Å². The van der Waals surface area contributed by atoms with E-state index in [4.69, 9.17) is 9.47 Å². The molecule has 0 saturated carbocycles. The predicted molar refractivity (Wildman–Crippen MR) is 85.3 cm³/mol. The van der Waals surface area contributed by atoms with Crippen molar-refractivity contribution in [3.05, 3.63) is 6.33 Å². The number of nitrogens with one attached hydrogen (secondary N) is 1. The summed E-state index contributed by atoms with van der Waals surface area (Å²) in [7, 11) is 1.76. The van der Waals surface area contributed by atoms with Gasteiger partial charge in [0, 0.05) is 39.7 Å². The van der Waals surface area contributed by atoms with Gasteiger partial charge in [0.15, 0.2) is 9.99 Å². The average Bonchev–Trinajstić information content (AvgIpc) is 2.97. The number of ether oxygens (including phenoxy) is 2. The number of anilines is 1. The fraction of sp³-hybridized carbons (Fsp3) is 0.615. The number of hydrogen-bond acceptors (Lipinski definition) is 8. The van der Waals surface area contributed by atoms with E-state index in [0.717, 1.165) is 46.6 Å². The highest BCUT2D eigenvalue weighted by molar-refractivity contribution is 8.00. The summed E-state index contributed by atoms with van der Waals surface area (Å²) < 4.78 is 13.2. The monoisotopic (exact) mass is 326 g/mol. The first kappa shape index (κ1) is 15.0. The molecule has 3 heterocycles. The summed E-state index contributed by atoms with van der Waals surface area (Å²) in [5.41, 5.74) is 0.572. The first-order valence-corrected chi connectivity index (χ1v) is 8.83. The normalized spacial score (nSPS) is 18.0. The van der Waals surface area contributed by atoms with Gasteiger partial charge in [0.1, 0.15) is 16.8 Å². The zero-order chi connectivity index (χ0) is 14.7. The van der Waals surface area contributed by atoms with Gasteiger partial charge < -0.3 is 14.8 Å². The molecule has 6 nitrogen and oxygen atoms in total. The molecule has 2 aromatic heterocycles. The maximum atomic E-state index is 5.74. The van der Waals surface area contributed by atoms with Gasteiger partial charge in [0.25, 0.3) is 0 Å². The molecule has 1 N–H and O–H groups in total. The smallest absolute Gasteiger partial charge is 0.176 e. The van der Waals surface area contributed by atoms with Crippen LogP contribution in [-0.2, 0) is 9.47 Å². The summed E-state index contributed by atoms with van der Waals surface area (Å²) in [5, 5.41) is 3.42. The van der Waals surface area contributed by atoms with Crippen molar-refractivity contribution in [1.29, 1.82) is 0 Å². The number of hydrogen-bond donors (Lipinski definition) is 1. The maximum absolute atomic E-state index is 5.74. The van der Waals surface area contributed by atoms with Crippen LogP contribution in [0.1, 0.15) is 12.8 Å². The lowest BCUT2D eigenvalue weighted by molar-refractivity contribution is -0.0807. The topological polar surface area (TPSA) is 69.2 Å². The van der Waals surface area contributed by atoms with Crippen LogP contribution < -0.4 is 5.32 Å². The molecule has 1 fully saturated rings. The largest absolute Gasteiger partial charge is 0.381 e. The standard InChI is InChI=1S/C13H18N4O2S2/c1-18-13(3-5-19-6-4-13)7-14-10-9-11(16-8-15-10)17-12(20-2)21-9/h8H,3-7H2,1-2H3,(H,14,15,16). The molecule has 0 unspecified atom stereocenters. The van der Waals surface area contributed by atoms with Gasteiger partial charge in [0.2, 0.25) is 0 Å². The molecule has 1 aliphatic rings. The maximum Gasteiger partial charge on any atom is 0.176 e. The van der Waals surface area contributed by atoms with Crippen molar-refractivity contribution in [2.24, 2.45) is 0 Å². The number of methoxy groups -OCH3 is 1. The molecule has 0 aliphatic carbocycles. The number of nitrogens with zero attached hydrogens (tertiary/aromatic N) is 3. The summed E-state index contributed by atoms with van der Waals surface area (Å²) in [6, 6.07) is 0. The molecular weight excluding hydrogens is 308 g/mol. The first-order valence-electron chi connectivity index (χ1n) is 6.79. The van der Waals surface area contributed by atoms with E-state index in [0.29, 0.717) is 6.54 Å². The zero-order valence-electron chi connectivity index (χ0n) is 12.1. The van der Waals surface area contributed by atoms with E-state index in [-0.39, 0.29) is 5.60 Å². The fourth-order valence-corrected chi connectivity index (χ4v) is 3.87. The van der Waals surface area contributed by atoms with Gasteiger partial charge in [-0.3, -0.25) is 0 Å². The van der Waals surface area contributed by atoms with E-state index in [1.165, 1.54) is 0 Å². The Balaban J connectivity index is 1.79. The summed E-state index contributed by atoms with van der Waals surface area (Å²) >= 11 is 3.24. The predicted octanol–water partition coefficient (Wildman–Crippen LogP) is 2.42. The lowest BCUT2D eigenvalue weighted by Gasteiger charge is -2.36. The second-order valence-corrected chi connectivity index (χ2v) is 6.96. The Morgan fingerprint density at radius 2 is 2.24 bits per heavy atom. The van der Waals surface area contributed by atoms with E-state index in [1.807, 2.05) is 6.26 Å². The van der Waals surface area contributed by atoms with Crippen LogP contribution in [0.25, 0.3) is 10.3 Å². The van der Waals surface area contributed by atoms with E-state index in [1.54, 1.807) is 36.5 Å². The minimum Gasteiger partial charge on any atom is -0.381 e. The molecule has 0 bridgehead atoms. The van der Waals surface area contributed by atoms with Crippen molar-refractivity contribution in [2.75, 3.05) is 38.4 Å². The highest BCUT2D eigenvalue weighted by atomic mass is 32.2. The Hall–Kier alpha value is -0.960. The minimum atomic E-state index is -0.178. The average molecular weight is 326 g/mol. The second-order valence-electron chi connectivity index (χ2n) is 4.91. The summed E-state index contributed by atoms with van der Waals surface area (Å²) in [5.74, 6) is 0.834. The lowest BCUT2D eigenvalue weighted by Crippen LogP contribution is -2.44. The molecule has 3 rings (SSSR count). The number of rotatable bonds is 5. The molecule has 2 aromatic rings. The van der Waals surface area contributed by atoms with Crippen LogP contribution in [0.5, 0.6) is 0 Å². The molecule has 0 radical (unpaired) electrons. The number of thioether (sulfide) groups is 1. The van der Waals surface area contributed by atoms with Crippen LogP contribution >= 0.6 is 23.1 Å². The molecule has 0 atom stereocenters. The molecule has 114 valence electrons. The first-order chi connectivity index (χ1) is 10.3. The van der Waals surface area contributed by atoms with Crippen LogP contribution in [-0.4, -0.2) is 53.7 Å². The van der Waals surface area contributed by atoms with Crippen molar-refractivity contribution in [2.45, 2.75) is 22.8 Å². The molecule has 0 aromatic carbocycles. The zero-order valence-corrected chi connectivity index (χ0v) is 13.7. The van der Waals surface area contributed by atoms with Gasteiger partial charge in [-0.1, -0.05) is 11.8 Å². The van der Waals surface area contributed by atoms with Crippen LogP contribution in [0.15, 0.2) is 10.7 Å². The summed E-state index contributed by atoms with van der Waals surface area (Å²) in [6.45, 7) is 2.20. The minimum absolute atomic E-state index is 0.178. The summed E-state index contributed by atoms with van der Waals surface area (Å²) in [4.78, 5) is 13.0. The Morgan fingerprint density at radius 1 is 1.43 bits per heavy atom. The van der Waals surface area contributed by atoms with E-state index in [2.05, 4.69) is 20.3 Å². The number of thiazole rings is 1. The fourth-order valence-electron chi connectivity index (χ4n) is 2.39. The van der Waals surface area contributed by atoms with Crippen molar-refractivity contribution in [3.63, 3.8) is 0 Å². The highest BCUT2D eigenvalue weighted by Crippen LogP contribution is 2.32. The quantitative estimate of drug-likeness (QED) is 0.846. The van der Waals surface area contributed by atoms with Crippen molar-refractivity contribution >= 4 is 39.3 Å². The van der Waals surface area contributed by atoms with E-state index in [9.17, 15) is 0 Å². The van der Waals surface area contributed by atoms with Gasteiger partial charge in [-0.2, -0.15) is 0 Å². The molecule has 0 amide bonds. The van der Waals surface area contributed by atoms with Crippen LogP contribution in [0.4, 0.5) is 5.82 Å². The Labute approximate surface area is 131 Å². The molecule has 8 heteroatoms. The van der Waals surface area contributed by atoms with Gasteiger partial charge in [0.05, 0.1) is 5.60 Å². The van der Waals surface area contributed by atoms with Crippen LogP contribution in [0, 0.1) is 0 Å². The molecule has 1 saturated heterocycles. The van der Waals surface area contributed by atoms with Crippen molar-refractivity contribution in [1.82, 2.24) is 15.0 Å². The molecular formula is C13H18N4O2S2. The molecule has 1 aliphatic heterocycles. The van der Waals surface area contributed by atoms with Crippen molar-refractivity contribution < 1.29 is 9.47 Å². The third-order valence-electron chi connectivity index (χ3n) is 3.76. The lowest BCUT2D eigenvalue weighted by atomic mass is 9.94. The van der Waals surface area contributed by atoms with Gasteiger partial charge in [-0.25, -0.2) is 15.0 Å². The number of fused-ring (bicyclic) bond motifs is 1. The van der Waals surface area contributed by atoms with Gasteiger partial charge in [-0.05, 0) is 6.26 Å². The Morgan fingerprint density at radius 3 is 2.95 bits per heavy atom. The SMILES string of the molecule is COC1(CNc2ncnc3nc(SC)sc23)CCOCC1. The number of aromatic nitrogens is 3. The Kier molecular flexibility index (Phi) is 4.58. The third kappa shape index (κ3) is 3.13. The third-order valence-corrected chi connectivity index (χ3v) is 5.80. The molecule has 21 heavy (non-hydrogen) atoms. The van der Waals surface area contributed by atoms with Crippen LogP contribution in [0.3, 0.4) is 0 Å². The van der Waals surface area contributed by atoms with Gasteiger partial charge >= 0.3 is 0 Å². The van der Waals surface area contributed by atoms with Crippen LogP contribution in [0.2, 0.25) is 0 Å². The summed E-state index contributed by atoms with van der Waals surface area (Å²) in [6.07, 6.45) is 5.35. The second kappa shape index (κ2) is 6.43. The van der Waals surface area contributed by atoms with E-state index >= 15 is 0 Å².